The molecule has 0 fully saturated rings. The van der Waals surface area contributed by atoms with E-state index in [-0.39, 0.29) is 5.91 Å². The Morgan fingerprint density at radius 1 is 1.14 bits per heavy atom. The normalized spacial score (nSPS) is 10.0. The Morgan fingerprint density at radius 3 is 2.68 bits per heavy atom. The molecule has 0 aliphatic carbocycles. The van der Waals surface area contributed by atoms with Crippen LogP contribution < -0.4 is 15.4 Å². The summed E-state index contributed by atoms with van der Waals surface area (Å²) in [6.45, 7) is 0.493. The molecule has 0 saturated heterocycles. The average molecular weight is 373 g/mol. The Bertz CT molecular complexity index is 996. The highest BCUT2D eigenvalue weighted by Crippen LogP contribution is 2.14. The van der Waals surface area contributed by atoms with Crippen LogP contribution in [0.1, 0.15) is 21.5 Å². The van der Waals surface area contributed by atoms with E-state index < -0.39 is 0 Å². The maximum atomic E-state index is 12.2. The van der Waals surface area contributed by atoms with E-state index in [9.17, 15) is 4.79 Å². The summed E-state index contributed by atoms with van der Waals surface area (Å²) in [5.41, 5.74) is 2.70. The fourth-order valence-electron chi connectivity index (χ4n) is 2.56. The van der Waals surface area contributed by atoms with Crippen LogP contribution in [-0.2, 0) is 6.42 Å². The molecule has 3 aromatic rings. The van der Waals surface area contributed by atoms with Crippen LogP contribution in [0.25, 0.3) is 0 Å². The predicted molar refractivity (Wildman–Crippen MR) is 106 cm³/mol. The fourth-order valence-corrected chi connectivity index (χ4v) is 2.56. The Morgan fingerprint density at radius 2 is 1.93 bits per heavy atom. The van der Waals surface area contributed by atoms with Crippen LogP contribution in [0, 0.1) is 11.3 Å². The highest BCUT2D eigenvalue weighted by molar-refractivity contribution is 5.93. The van der Waals surface area contributed by atoms with Gasteiger partial charge in [-0.25, -0.2) is 9.97 Å². The van der Waals surface area contributed by atoms with Gasteiger partial charge >= 0.3 is 0 Å². The van der Waals surface area contributed by atoms with Crippen molar-refractivity contribution in [3.8, 4) is 11.8 Å². The first-order valence-corrected chi connectivity index (χ1v) is 8.68. The molecular weight excluding hydrogens is 354 g/mol. The van der Waals surface area contributed by atoms with Crippen molar-refractivity contribution >= 4 is 17.5 Å². The summed E-state index contributed by atoms with van der Waals surface area (Å²) in [6, 6.07) is 16.8. The van der Waals surface area contributed by atoms with Crippen molar-refractivity contribution in [2.75, 3.05) is 19.0 Å². The molecule has 3 rings (SSSR count). The van der Waals surface area contributed by atoms with Crippen LogP contribution in [0.3, 0.4) is 0 Å². The predicted octanol–water partition coefficient (Wildman–Crippen LogP) is 3.07. The number of rotatable bonds is 7. The van der Waals surface area contributed by atoms with Crippen molar-refractivity contribution < 1.29 is 9.53 Å². The summed E-state index contributed by atoms with van der Waals surface area (Å²) >= 11 is 0. The first-order valence-electron chi connectivity index (χ1n) is 8.68. The van der Waals surface area contributed by atoms with E-state index in [1.54, 1.807) is 25.3 Å². The molecule has 0 atom stereocenters. The standard InChI is InChI=1S/C21H19N5O2/c1-28-19-7-3-4-15(11-19)8-9-23-20(27)17-13-24-21(25-14-17)26-18-6-2-5-16(10-18)12-22/h2-7,10-11,13-14H,8-9H2,1H3,(H,23,27)(H,24,25,26). The molecule has 0 saturated carbocycles. The van der Waals surface area contributed by atoms with Gasteiger partial charge in [-0.1, -0.05) is 18.2 Å². The van der Waals surface area contributed by atoms with E-state index in [2.05, 4.69) is 26.7 Å². The minimum atomic E-state index is -0.235. The van der Waals surface area contributed by atoms with Crippen LogP contribution in [0.4, 0.5) is 11.6 Å². The maximum Gasteiger partial charge on any atom is 0.254 e. The van der Waals surface area contributed by atoms with Crippen molar-refractivity contribution in [3.63, 3.8) is 0 Å². The molecule has 0 aliphatic heterocycles. The highest BCUT2D eigenvalue weighted by Gasteiger charge is 2.07. The molecule has 0 bridgehead atoms. The van der Waals surface area contributed by atoms with Gasteiger partial charge in [0.25, 0.3) is 5.91 Å². The zero-order valence-electron chi connectivity index (χ0n) is 15.3. The summed E-state index contributed by atoms with van der Waals surface area (Å²) in [7, 11) is 1.62. The molecule has 7 nitrogen and oxygen atoms in total. The van der Waals surface area contributed by atoms with Crippen LogP contribution in [0.2, 0.25) is 0 Å². The Hall–Kier alpha value is -3.92. The summed E-state index contributed by atoms with van der Waals surface area (Å²) in [6.07, 6.45) is 3.62. The van der Waals surface area contributed by atoms with Crippen LogP contribution in [0.5, 0.6) is 5.75 Å². The molecule has 140 valence electrons. The monoisotopic (exact) mass is 373 g/mol. The third-order valence-corrected chi connectivity index (χ3v) is 4.00. The second-order valence-corrected chi connectivity index (χ2v) is 5.97. The van der Waals surface area contributed by atoms with Gasteiger partial charge in [0.2, 0.25) is 5.95 Å². The van der Waals surface area contributed by atoms with Crippen molar-refractivity contribution in [2.45, 2.75) is 6.42 Å². The number of methoxy groups -OCH3 is 1. The van der Waals surface area contributed by atoms with Crippen molar-refractivity contribution in [1.82, 2.24) is 15.3 Å². The molecular formula is C21H19N5O2. The number of nitriles is 1. The third-order valence-electron chi connectivity index (χ3n) is 4.00. The molecule has 0 aliphatic rings. The van der Waals surface area contributed by atoms with Crippen LogP contribution >= 0.6 is 0 Å². The van der Waals surface area contributed by atoms with Crippen LogP contribution in [-0.4, -0.2) is 29.5 Å². The number of nitrogens with one attached hydrogen (secondary N) is 2. The van der Waals surface area contributed by atoms with Crippen molar-refractivity contribution in [2.24, 2.45) is 0 Å². The van der Waals surface area contributed by atoms with Gasteiger partial charge in [-0.05, 0) is 42.3 Å². The highest BCUT2D eigenvalue weighted by atomic mass is 16.5. The van der Waals surface area contributed by atoms with Gasteiger partial charge in [0.05, 0.1) is 24.3 Å². The number of aromatic nitrogens is 2. The summed E-state index contributed by atoms with van der Waals surface area (Å²) in [4.78, 5) is 20.6. The maximum absolute atomic E-state index is 12.2. The Balaban J connectivity index is 1.53. The second kappa shape index (κ2) is 9.14. The number of carbonyl (C=O) groups excluding carboxylic acids is 1. The van der Waals surface area contributed by atoms with Crippen molar-refractivity contribution in [1.29, 1.82) is 5.26 Å². The topological polar surface area (TPSA) is 99.9 Å². The van der Waals surface area contributed by atoms with Gasteiger partial charge in [-0.2, -0.15) is 5.26 Å². The number of amides is 1. The molecule has 0 unspecified atom stereocenters. The molecule has 1 amide bonds. The largest absolute Gasteiger partial charge is 0.497 e. The Kier molecular flexibility index (Phi) is 6.16. The van der Waals surface area contributed by atoms with Gasteiger partial charge in [0.15, 0.2) is 0 Å². The number of hydrogen-bond acceptors (Lipinski definition) is 6. The minimum Gasteiger partial charge on any atom is -0.497 e. The molecule has 2 N–H and O–H groups in total. The second-order valence-electron chi connectivity index (χ2n) is 5.97. The van der Waals surface area contributed by atoms with Gasteiger partial charge in [-0.3, -0.25) is 4.79 Å². The number of anilines is 2. The number of nitrogens with zero attached hydrogens (tertiary/aromatic N) is 3. The summed E-state index contributed by atoms with van der Waals surface area (Å²) in [5, 5.41) is 14.8. The number of ether oxygens (including phenoxy) is 1. The molecule has 0 radical (unpaired) electrons. The van der Waals surface area contributed by atoms with E-state index in [0.29, 0.717) is 35.7 Å². The molecule has 1 heterocycles. The SMILES string of the molecule is COc1cccc(CCNC(=O)c2cnc(Nc3cccc(C#N)c3)nc2)c1. The molecule has 28 heavy (non-hydrogen) atoms. The zero-order chi connectivity index (χ0) is 19.8. The fraction of sp³-hybridized carbons (Fsp3) is 0.143. The number of hydrogen-bond donors (Lipinski definition) is 2. The summed E-state index contributed by atoms with van der Waals surface area (Å²) in [5.74, 6) is 0.907. The first-order chi connectivity index (χ1) is 13.7. The van der Waals surface area contributed by atoms with Crippen LogP contribution in [0.15, 0.2) is 60.9 Å². The lowest BCUT2D eigenvalue weighted by atomic mass is 10.1. The first kappa shape index (κ1) is 18.9. The van der Waals surface area contributed by atoms with Crippen molar-refractivity contribution in [3.05, 3.63) is 77.6 Å². The quantitative estimate of drug-likeness (QED) is 0.660. The van der Waals surface area contributed by atoms with Gasteiger partial charge in [-0.15, -0.1) is 0 Å². The van der Waals surface area contributed by atoms with E-state index in [4.69, 9.17) is 10.00 Å². The van der Waals surface area contributed by atoms with E-state index in [0.717, 1.165) is 11.3 Å². The zero-order valence-corrected chi connectivity index (χ0v) is 15.3. The lowest BCUT2D eigenvalue weighted by Gasteiger charge is -2.08. The summed E-state index contributed by atoms with van der Waals surface area (Å²) < 4.78 is 5.19. The van der Waals surface area contributed by atoms with E-state index >= 15 is 0 Å². The Labute approximate surface area is 163 Å². The number of benzene rings is 2. The molecule has 0 spiro atoms. The molecule has 7 heteroatoms. The van der Waals surface area contributed by atoms with E-state index in [1.807, 2.05) is 30.3 Å². The average Bonchev–Trinajstić information content (AvgIpc) is 2.74. The lowest BCUT2D eigenvalue weighted by Crippen LogP contribution is -2.26. The lowest BCUT2D eigenvalue weighted by molar-refractivity contribution is 0.0953. The smallest absolute Gasteiger partial charge is 0.254 e. The van der Waals surface area contributed by atoms with Gasteiger partial charge < -0.3 is 15.4 Å². The van der Waals surface area contributed by atoms with E-state index in [1.165, 1.54) is 12.4 Å². The number of carbonyl (C=O) groups is 1. The van der Waals surface area contributed by atoms with Gasteiger partial charge in [0.1, 0.15) is 5.75 Å². The minimum absolute atomic E-state index is 0.235. The van der Waals surface area contributed by atoms with Gasteiger partial charge in [0, 0.05) is 24.6 Å². The molecule has 2 aromatic carbocycles. The molecule has 1 aromatic heterocycles. The third kappa shape index (κ3) is 5.05.